The number of carbonyl (C=O) groups is 1. The van der Waals surface area contributed by atoms with E-state index in [4.69, 9.17) is 4.42 Å². The molecular weight excluding hydrogens is 264 g/mol. The maximum atomic E-state index is 13.2. The molecule has 20 heavy (non-hydrogen) atoms. The summed E-state index contributed by atoms with van der Waals surface area (Å²) in [5, 5.41) is 0. The molecule has 1 aromatic heterocycles. The highest BCUT2D eigenvalue weighted by Crippen LogP contribution is 2.18. The van der Waals surface area contributed by atoms with Crippen molar-refractivity contribution in [2.45, 2.75) is 6.92 Å². The van der Waals surface area contributed by atoms with Gasteiger partial charge in [-0.15, -0.1) is 0 Å². The van der Waals surface area contributed by atoms with Crippen LogP contribution in [-0.2, 0) is 4.79 Å². The molecule has 0 bridgehead atoms. The minimum Gasteiger partial charge on any atom is -0.465 e. The molecule has 0 unspecified atom stereocenters. The molecule has 0 N–H and O–H groups in total. The lowest BCUT2D eigenvalue weighted by molar-refractivity contribution is -0.114. The molecule has 1 heterocycles. The van der Waals surface area contributed by atoms with Crippen LogP contribution in [0.15, 0.2) is 47.1 Å². The van der Waals surface area contributed by atoms with Crippen molar-refractivity contribution in [2.24, 2.45) is 0 Å². The highest BCUT2D eigenvalue weighted by atomic mass is 19.2. The topological polar surface area (TPSA) is 33.5 Å². The van der Waals surface area contributed by atoms with Crippen LogP contribution in [0.2, 0.25) is 0 Å². The molecule has 0 aliphatic rings. The van der Waals surface area contributed by atoms with Crippen LogP contribution in [0.5, 0.6) is 0 Å². The van der Waals surface area contributed by atoms with E-state index in [-0.39, 0.29) is 5.91 Å². The monoisotopic (exact) mass is 277 g/mol. The Bertz CT molecular complexity index is 621. The fourth-order valence-electron chi connectivity index (χ4n) is 1.75. The predicted molar refractivity (Wildman–Crippen MR) is 72.1 cm³/mol. The molecule has 0 atom stereocenters. The third-order valence-electron chi connectivity index (χ3n) is 2.73. The van der Waals surface area contributed by atoms with Crippen LogP contribution in [-0.4, -0.2) is 12.5 Å². The summed E-state index contributed by atoms with van der Waals surface area (Å²) in [6.07, 6.45) is 4.34. The van der Waals surface area contributed by atoms with Crippen molar-refractivity contribution in [3.05, 3.63) is 60.1 Å². The molecule has 1 amide bonds. The summed E-state index contributed by atoms with van der Waals surface area (Å²) >= 11 is 0. The van der Waals surface area contributed by atoms with E-state index in [0.717, 1.165) is 12.1 Å². The third kappa shape index (κ3) is 3.12. The Kier molecular flexibility index (Phi) is 4.30. The van der Waals surface area contributed by atoms with Crippen molar-refractivity contribution in [3.63, 3.8) is 0 Å². The summed E-state index contributed by atoms with van der Waals surface area (Å²) in [6, 6.07) is 6.77. The number of amides is 1. The normalized spacial score (nSPS) is 10.9. The number of likely N-dealkylation sites (N-methyl/N-ethyl adjacent to an activating group) is 1. The van der Waals surface area contributed by atoms with E-state index < -0.39 is 11.6 Å². The Morgan fingerprint density at radius 2 is 2.10 bits per heavy atom. The molecule has 0 saturated carbocycles. The van der Waals surface area contributed by atoms with E-state index >= 15 is 0 Å². The van der Waals surface area contributed by atoms with Gasteiger partial charge in [0, 0.05) is 24.4 Å². The average molecular weight is 277 g/mol. The number of hydrogen-bond acceptors (Lipinski definition) is 2. The fraction of sp³-hybridized carbons (Fsp3) is 0.133. The molecule has 2 aromatic rings. The number of benzene rings is 1. The molecule has 2 rings (SSSR count). The number of halogens is 2. The van der Waals surface area contributed by atoms with Crippen LogP contribution in [0.3, 0.4) is 0 Å². The van der Waals surface area contributed by atoms with Crippen molar-refractivity contribution in [1.29, 1.82) is 0 Å². The molecule has 0 radical (unpaired) electrons. The predicted octanol–water partition coefficient (Wildman–Crippen LogP) is 3.62. The average Bonchev–Trinajstić information content (AvgIpc) is 2.94. The lowest BCUT2D eigenvalue weighted by Crippen LogP contribution is -2.28. The largest absolute Gasteiger partial charge is 0.465 e. The first-order valence-corrected chi connectivity index (χ1v) is 6.10. The van der Waals surface area contributed by atoms with Gasteiger partial charge in [-0.1, -0.05) is 0 Å². The van der Waals surface area contributed by atoms with Crippen LogP contribution >= 0.6 is 0 Å². The third-order valence-corrected chi connectivity index (χ3v) is 2.73. The Hall–Kier alpha value is -2.43. The van der Waals surface area contributed by atoms with Crippen LogP contribution in [0, 0.1) is 11.6 Å². The number of carbonyl (C=O) groups excluding carboxylic acids is 1. The van der Waals surface area contributed by atoms with Gasteiger partial charge in [0.15, 0.2) is 11.6 Å². The fourth-order valence-corrected chi connectivity index (χ4v) is 1.75. The molecule has 0 aliphatic heterocycles. The highest BCUT2D eigenvalue weighted by molar-refractivity contribution is 6.03. The Balaban J connectivity index is 2.18. The van der Waals surface area contributed by atoms with Gasteiger partial charge in [-0.3, -0.25) is 4.79 Å². The van der Waals surface area contributed by atoms with Crippen molar-refractivity contribution < 1.29 is 18.0 Å². The minimum atomic E-state index is -0.983. The number of hydrogen-bond donors (Lipinski definition) is 0. The lowest BCUT2D eigenvalue weighted by Gasteiger charge is -2.19. The summed E-state index contributed by atoms with van der Waals surface area (Å²) < 4.78 is 31.2. The first-order valence-electron chi connectivity index (χ1n) is 6.10. The molecule has 3 nitrogen and oxygen atoms in total. The van der Waals surface area contributed by atoms with Gasteiger partial charge < -0.3 is 9.32 Å². The molecule has 0 saturated heterocycles. The molecular formula is C15H13F2NO2. The summed E-state index contributed by atoms with van der Waals surface area (Å²) in [5.41, 5.74) is 0.306. The number of rotatable bonds is 4. The van der Waals surface area contributed by atoms with Crippen molar-refractivity contribution in [3.8, 4) is 0 Å². The molecule has 104 valence electrons. The second-order valence-corrected chi connectivity index (χ2v) is 4.03. The van der Waals surface area contributed by atoms with Gasteiger partial charge in [0.25, 0.3) is 5.91 Å². The van der Waals surface area contributed by atoms with Crippen molar-refractivity contribution in [2.75, 3.05) is 11.4 Å². The van der Waals surface area contributed by atoms with Gasteiger partial charge in [-0.05, 0) is 37.3 Å². The molecule has 0 aliphatic carbocycles. The Morgan fingerprint density at radius 1 is 1.30 bits per heavy atom. The molecule has 0 spiro atoms. The Labute approximate surface area is 115 Å². The smallest absolute Gasteiger partial charge is 0.251 e. The van der Waals surface area contributed by atoms with E-state index in [2.05, 4.69) is 0 Å². The summed E-state index contributed by atoms with van der Waals surface area (Å²) in [4.78, 5) is 13.4. The lowest BCUT2D eigenvalue weighted by atomic mass is 10.2. The second kappa shape index (κ2) is 6.14. The first-order chi connectivity index (χ1) is 9.61. The van der Waals surface area contributed by atoms with E-state index in [9.17, 15) is 13.6 Å². The van der Waals surface area contributed by atoms with Gasteiger partial charge >= 0.3 is 0 Å². The summed E-state index contributed by atoms with van der Waals surface area (Å²) in [7, 11) is 0. The zero-order valence-electron chi connectivity index (χ0n) is 10.8. The van der Waals surface area contributed by atoms with E-state index in [1.54, 1.807) is 19.1 Å². The quantitative estimate of drug-likeness (QED) is 0.800. The zero-order valence-corrected chi connectivity index (χ0v) is 10.8. The van der Waals surface area contributed by atoms with Crippen molar-refractivity contribution >= 4 is 17.7 Å². The highest BCUT2D eigenvalue weighted by Gasteiger charge is 2.13. The molecule has 5 heteroatoms. The minimum absolute atomic E-state index is 0.306. The van der Waals surface area contributed by atoms with Gasteiger partial charge in [-0.2, -0.15) is 0 Å². The van der Waals surface area contributed by atoms with E-state index in [0.29, 0.717) is 18.0 Å². The summed E-state index contributed by atoms with van der Waals surface area (Å²) in [6.45, 7) is 2.09. The number of nitrogens with zero attached hydrogens (tertiary/aromatic N) is 1. The van der Waals surface area contributed by atoms with Gasteiger partial charge in [-0.25, -0.2) is 8.78 Å². The molecule has 0 fully saturated rings. The van der Waals surface area contributed by atoms with Crippen LogP contribution in [0.25, 0.3) is 6.08 Å². The van der Waals surface area contributed by atoms with E-state index in [1.165, 1.54) is 29.4 Å². The zero-order chi connectivity index (χ0) is 14.5. The maximum absolute atomic E-state index is 13.2. The molecule has 1 aromatic carbocycles. The van der Waals surface area contributed by atoms with E-state index in [1.807, 2.05) is 0 Å². The first kappa shape index (κ1) is 14.0. The standard InChI is InChI=1S/C15H13F2NO2/c1-2-18(11-5-7-13(16)14(17)10-11)15(19)8-6-12-4-3-9-20-12/h3-10H,2H2,1H3/b8-6+. The van der Waals surface area contributed by atoms with Crippen LogP contribution < -0.4 is 4.90 Å². The Morgan fingerprint density at radius 3 is 2.70 bits per heavy atom. The van der Waals surface area contributed by atoms with Gasteiger partial charge in [0.2, 0.25) is 0 Å². The van der Waals surface area contributed by atoms with Gasteiger partial charge in [0.05, 0.1) is 6.26 Å². The van der Waals surface area contributed by atoms with Crippen LogP contribution in [0.1, 0.15) is 12.7 Å². The SMILES string of the molecule is CCN(C(=O)/C=C/c1ccco1)c1ccc(F)c(F)c1. The van der Waals surface area contributed by atoms with Crippen molar-refractivity contribution in [1.82, 2.24) is 0 Å². The number of anilines is 1. The number of furan rings is 1. The summed E-state index contributed by atoms with van der Waals surface area (Å²) in [5.74, 6) is -1.72. The van der Waals surface area contributed by atoms with Gasteiger partial charge in [0.1, 0.15) is 5.76 Å². The second-order valence-electron chi connectivity index (χ2n) is 4.03. The maximum Gasteiger partial charge on any atom is 0.251 e. The van der Waals surface area contributed by atoms with Crippen LogP contribution in [0.4, 0.5) is 14.5 Å².